The molecule has 94 valence electrons. The van der Waals surface area contributed by atoms with Crippen molar-refractivity contribution in [2.45, 2.75) is 37.5 Å². The van der Waals surface area contributed by atoms with Gasteiger partial charge in [0.25, 0.3) is 0 Å². The molecule has 1 aromatic rings. The second-order valence-corrected chi connectivity index (χ2v) is 5.84. The highest BCUT2D eigenvalue weighted by atomic mass is 35.5. The van der Waals surface area contributed by atoms with Crippen molar-refractivity contribution < 1.29 is 5.11 Å². The average molecular weight is 274 g/mol. The monoisotopic (exact) mass is 273 g/mol. The lowest BCUT2D eigenvalue weighted by atomic mass is 9.72. The fraction of sp³-hybridized carbons (Fsp3) is 0.538. The van der Waals surface area contributed by atoms with Gasteiger partial charge in [0.1, 0.15) is 0 Å². The molecule has 1 unspecified atom stereocenters. The van der Waals surface area contributed by atoms with Gasteiger partial charge in [-0.15, -0.1) is 12.4 Å². The zero-order valence-corrected chi connectivity index (χ0v) is 11.3. The van der Waals surface area contributed by atoms with Crippen molar-refractivity contribution in [1.82, 2.24) is 5.32 Å². The summed E-state index contributed by atoms with van der Waals surface area (Å²) in [7, 11) is 0. The number of hydrogen-bond acceptors (Lipinski definition) is 2. The smallest absolute Gasteiger partial charge is 0.0946 e. The standard InChI is InChI=1S/C13H16ClNO.ClH/c1-13-6-9(7-13)11(15-13)12(16)8-3-2-4-10(14)5-8;/h2-5,9,11-12,15-16H,6-7H2,1H3;1H/t9?,11?,12-,13?;/m0./s1. The number of benzene rings is 1. The van der Waals surface area contributed by atoms with Crippen LogP contribution in [-0.4, -0.2) is 16.7 Å². The lowest BCUT2D eigenvalue weighted by molar-refractivity contribution is 0.121. The van der Waals surface area contributed by atoms with Crippen LogP contribution in [0, 0.1) is 5.92 Å². The number of aliphatic hydroxyl groups excluding tert-OH is 1. The highest BCUT2D eigenvalue weighted by molar-refractivity contribution is 6.30. The topological polar surface area (TPSA) is 32.3 Å². The van der Waals surface area contributed by atoms with Crippen LogP contribution in [0.2, 0.25) is 5.02 Å². The fourth-order valence-electron chi connectivity index (χ4n) is 3.22. The summed E-state index contributed by atoms with van der Waals surface area (Å²) in [4.78, 5) is 0. The van der Waals surface area contributed by atoms with Crippen LogP contribution >= 0.6 is 24.0 Å². The van der Waals surface area contributed by atoms with E-state index in [1.54, 1.807) is 0 Å². The molecule has 0 radical (unpaired) electrons. The first-order valence-corrected chi connectivity index (χ1v) is 6.16. The lowest BCUT2D eigenvalue weighted by Crippen LogP contribution is -2.40. The number of nitrogens with one attached hydrogen (secondary N) is 1. The third kappa shape index (κ3) is 2.19. The molecular formula is C13H17Cl2NO. The molecular weight excluding hydrogens is 257 g/mol. The summed E-state index contributed by atoms with van der Waals surface area (Å²) < 4.78 is 0. The second kappa shape index (κ2) is 4.43. The van der Waals surface area contributed by atoms with Crippen LogP contribution in [0.15, 0.2) is 24.3 Å². The van der Waals surface area contributed by atoms with E-state index in [4.69, 9.17) is 11.6 Å². The Morgan fingerprint density at radius 3 is 2.71 bits per heavy atom. The van der Waals surface area contributed by atoms with Gasteiger partial charge in [-0.1, -0.05) is 23.7 Å². The largest absolute Gasteiger partial charge is 0.387 e. The quantitative estimate of drug-likeness (QED) is 0.869. The zero-order chi connectivity index (χ0) is 11.3. The predicted molar refractivity (Wildman–Crippen MR) is 71.7 cm³/mol. The molecule has 2 bridgehead atoms. The Hall–Kier alpha value is -0.280. The number of fused-ring (bicyclic) bond motifs is 1. The molecule has 0 spiro atoms. The summed E-state index contributed by atoms with van der Waals surface area (Å²) in [6, 6.07) is 7.72. The Morgan fingerprint density at radius 2 is 2.18 bits per heavy atom. The summed E-state index contributed by atoms with van der Waals surface area (Å²) in [5.41, 5.74) is 1.19. The molecule has 2 nitrogen and oxygen atoms in total. The minimum absolute atomic E-state index is 0. The van der Waals surface area contributed by atoms with Crippen molar-refractivity contribution in [2.24, 2.45) is 5.92 Å². The lowest BCUT2D eigenvalue weighted by Gasteiger charge is -2.33. The van der Waals surface area contributed by atoms with Gasteiger partial charge in [0, 0.05) is 16.6 Å². The molecule has 0 aromatic heterocycles. The van der Waals surface area contributed by atoms with Crippen molar-refractivity contribution in [3.05, 3.63) is 34.9 Å². The predicted octanol–water partition coefficient (Wildman–Crippen LogP) is 2.94. The van der Waals surface area contributed by atoms with E-state index in [-0.39, 0.29) is 24.0 Å². The molecule has 3 fully saturated rings. The van der Waals surface area contributed by atoms with Crippen LogP contribution in [-0.2, 0) is 0 Å². The van der Waals surface area contributed by atoms with Gasteiger partial charge < -0.3 is 10.4 Å². The van der Waals surface area contributed by atoms with Gasteiger partial charge in [0.05, 0.1) is 6.10 Å². The number of rotatable bonds is 2. The maximum atomic E-state index is 10.3. The first-order valence-electron chi connectivity index (χ1n) is 5.79. The number of halogens is 2. The third-order valence-electron chi connectivity index (χ3n) is 3.98. The Morgan fingerprint density at radius 1 is 1.47 bits per heavy atom. The van der Waals surface area contributed by atoms with Crippen LogP contribution in [0.3, 0.4) is 0 Å². The van der Waals surface area contributed by atoms with Gasteiger partial charge in [-0.25, -0.2) is 0 Å². The van der Waals surface area contributed by atoms with Crippen molar-refractivity contribution in [3.63, 3.8) is 0 Å². The molecule has 2 atom stereocenters. The Balaban J connectivity index is 0.00000108. The van der Waals surface area contributed by atoms with Crippen molar-refractivity contribution in [1.29, 1.82) is 0 Å². The van der Waals surface area contributed by atoms with E-state index in [1.807, 2.05) is 24.3 Å². The fourth-order valence-corrected chi connectivity index (χ4v) is 3.42. The molecule has 2 aliphatic heterocycles. The van der Waals surface area contributed by atoms with E-state index in [0.29, 0.717) is 10.9 Å². The normalized spacial score (nSPS) is 35.9. The molecule has 2 N–H and O–H groups in total. The van der Waals surface area contributed by atoms with Crippen molar-refractivity contribution >= 4 is 24.0 Å². The first kappa shape index (κ1) is 13.2. The molecule has 1 aromatic carbocycles. The van der Waals surface area contributed by atoms with Crippen LogP contribution < -0.4 is 5.32 Å². The molecule has 2 heterocycles. The van der Waals surface area contributed by atoms with Gasteiger partial charge in [-0.2, -0.15) is 0 Å². The van der Waals surface area contributed by atoms with Gasteiger partial charge >= 0.3 is 0 Å². The highest BCUT2D eigenvalue weighted by Crippen LogP contribution is 2.50. The zero-order valence-electron chi connectivity index (χ0n) is 9.69. The van der Waals surface area contributed by atoms with E-state index in [9.17, 15) is 5.11 Å². The van der Waals surface area contributed by atoms with E-state index >= 15 is 0 Å². The van der Waals surface area contributed by atoms with Gasteiger partial charge in [0.15, 0.2) is 0 Å². The minimum atomic E-state index is -0.437. The Bertz CT molecular complexity index is 418. The average Bonchev–Trinajstić information content (AvgIpc) is 2.70. The molecule has 1 saturated carbocycles. The van der Waals surface area contributed by atoms with Gasteiger partial charge in [0.2, 0.25) is 0 Å². The van der Waals surface area contributed by atoms with Crippen LogP contribution in [0.1, 0.15) is 31.4 Å². The summed E-state index contributed by atoms with van der Waals surface area (Å²) in [6.07, 6.45) is 1.94. The van der Waals surface area contributed by atoms with Gasteiger partial charge in [-0.3, -0.25) is 0 Å². The summed E-state index contributed by atoms with van der Waals surface area (Å²) in [5.74, 6) is 0.624. The van der Waals surface area contributed by atoms with E-state index < -0.39 is 6.10 Å². The molecule has 0 amide bonds. The summed E-state index contributed by atoms with van der Waals surface area (Å²) >= 11 is 5.94. The highest BCUT2D eigenvalue weighted by Gasteiger charge is 2.54. The SMILES string of the molecule is CC12CC(C1)C([C@@H](O)c1cccc(Cl)c1)N2.Cl. The molecule has 3 aliphatic rings. The molecule has 2 saturated heterocycles. The van der Waals surface area contributed by atoms with Crippen LogP contribution in [0.4, 0.5) is 0 Å². The maximum Gasteiger partial charge on any atom is 0.0946 e. The van der Waals surface area contributed by atoms with E-state index in [0.717, 1.165) is 5.56 Å². The minimum Gasteiger partial charge on any atom is -0.387 e. The Labute approximate surface area is 113 Å². The van der Waals surface area contributed by atoms with Crippen LogP contribution in [0.25, 0.3) is 0 Å². The maximum absolute atomic E-state index is 10.3. The van der Waals surface area contributed by atoms with Crippen molar-refractivity contribution in [3.8, 4) is 0 Å². The van der Waals surface area contributed by atoms with Crippen LogP contribution in [0.5, 0.6) is 0 Å². The van der Waals surface area contributed by atoms with Gasteiger partial charge in [-0.05, 0) is 43.4 Å². The molecule has 1 aliphatic carbocycles. The molecule has 4 rings (SSSR count). The number of hydrogen-bond donors (Lipinski definition) is 2. The summed E-state index contributed by atoms with van der Waals surface area (Å²) in [6.45, 7) is 2.23. The van der Waals surface area contributed by atoms with E-state index in [2.05, 4.69) is 12.2 Å². The second-order valence-electron chi connectivity index (χ2n) is 5.40. The Kier molecular flexibility index (Phi) is 3.43. The van der Waals surface area contributed by atoms with E-state index in [1.165, 1.54) is 12.8 Å². The summed E-state index contributed by atoms with van der Waals surface area (Å²) in [5, 5.41) is 14.6. The third-order valence-corrected chi connectivity index (χ3v) is 4.21. The molecule has 17 heavy (non-hydrogen) atoms. The molecule has 4 heteroatoms. The number of aliphatic hydroxyl groups is 1. The first-order chi connectivity index (χ1) is 7.57. The van der Waals surface area contributed by atoms with Crippen molar-refractivity contribution in [2.75, 3.05) is 0 Å².